The number of aliphatic carboxylic acids is 1. The van der Waals surface area contributed by atoms with Gasteiger partial charge in [-0.05, 0) is 25.1 Å². The SMILES string of the molecule is C[C@@H](O)[C@H](NC(=O)c1ccc2c(c1)NC(=O)CO2)C(=O)O. The number of rotatable bonds is 4. The summed E-state index contributed by atoms with van der Waals surface area (Å²) in [6.45, 7) is 1.17. The number of nitrogens with one attached hydrogen (secondary N) is 2. The second kappa shape index (κ2) is 5.80. The average molecular weight is 294 g/mol. The number of aliphatic hydroxyl groups is 1. The minimum absolute atomic E-state index is 0.0956. The molecule has 1 aliphatic heterocycles. The van der Waals surface area contributed by atoms with Gasteiger partial charge in [-0.15, -0.1) is 0 Å². The fourth-order valence-electron chi connectivity index (χ4n) is 1.84. The van der Waals surface area contributed by atoms with Crippen LogP contribution in [0, 0.1) is 0 Å². The lowest BCUT2D eigenvalue weighted by atomic mass is 10.1. The van der Waals surface area contributed by atoms with Crippen LogP contribution in [0.4, 0.5) is 5.69 Å². The topological polar surface area (TPSA) is 125 Å². The summed E-state index contributed by atoms with van der Waals surface area (Å²) in [5.41, 5.74) is 0.481. The lowest BCUT2D eigenvalue weighted by Crippen LogP contribution is -2.47. The van der Waals surface area contributed by atoms with Gasteiger partial charge < -0.3 is 25.6 Å². The van der Waals surface area contributed by atoms with Crippen LogP contribution in [-0.4, -0.2) is 46.7 Å². The standard InChI is InChI=1S/C13H14N2O6/c1-6(16)11(13(19)20)15-12(18)7-2-3-9-8(4-7)14-10(17)5-21-9/h2-4,6,11,16H,5H2,1H3,(H,14,17)(H,15,18)(H,19,20)/t6-,11+/m1/s1. The maximum atomic E-state index is 12.0. The highest BCUT2D eigenvalue weighted by atomic mass is 16.5. The molecule has 0 bridgehead atoms. The van der Waals surface area contributed by atoms with Crippen LogP contribution in [0.2, 0.25) is 0 Å². The van der Waals surface area contributed by atoms with Crippen molar-refractivity contribution in [2.24, 2.45) is 0 Å². The number of ether oxygens (including phenoxy) is 1. The van der Waals surface area contributed by atoms with Crippen molar-refractivity contribution in [3.63, 3.8) is 0 Å². The molecule has 2 atom stereocenters. The Labute approximate surface area is 119 Å². The molecule has 4 N–H and O–H groups in total. The summed E-state index contributed by atoms with van der Waals surface area (Å²) in [6, 6.07) is 2.90. The molecular weight excluding hydrogens is 280 g/mol. The Bertz CT molecular complexity index is 598. The van der Waals surface area contributed by atoms with E-state index in [0.717, 1.165) is 0 Å². The van der Waals surface area contributed by atoms with Crippen molar-refractivity contribution in [1.82, 2.24) is 5.32 Å². The molecule has 0 spiro atoms. The Hall–Kier alpha value is -2.61. The molecule has 1 aromatic carbocycles. The van der Waals surface area contributed by atoms with Gasteiger partial charge in [-0.25, -0.2) is 4.79 Å². The van der Waals surface area contributed by atoms with E-state index in [1.54, 1.807) is 0 Å². The monoisotopic (exact) mass is 294 g/mol. The van der Waals surface area contributed by atoms with E-state index in [1.807, 2.05) is 0 Å². The zero-order chi connectivity index (χ0) is 15.6. The Morgan fingerprint density at radius 1 is 1.43 bits per heavy atom. The largest absolute Gasteiger partial charge is 0.482 e. The summed E-state index contributed by atoms with van der Waals surface area (Å²) in [7, 11) is 0. The number of benzene rings is 1. The normalized spacial score (nSPS) is 16.0. The highest BCUT2D eigenvalue weighted by Crippen LogP contribution is 2.28. The molecule has 112 valence electrons. The van der Waals surface area contributed by atoms with Gasteiger partial charge in [0.15, 0.2) is 12.6 Å². The first-order chi connectivity index (χ1) is 9.88. The molecule has 8 heteroatoms. The van der Waals surface area contributed by atoms with Crippen LogP contribution in [0.25, 0.3) is 0 Å². The van der Waals surface area contributed by atoms with Gasteiger partial charge in [0.05, 0.1) is 11.8 Å². The highest BCUT2D eigenvalue weighted by molar-refractivity contribution is 6.00. The number of carbonyl (C=O) groups is 3. The Morgan fingerprint density at radius 3 is 2.76 bits per heavy atom. The lowest BCUT2D eigenvalue weighted by Gasteiger charge is -2.20. The van der Waals surface area contributed by atoms with Crippen molar-refractivity contribution in [3.05, 3.63) is 23.8 Å². The number of amides is 2. The van der Waals surface area contributed by atoms with E-state index in [0.29, 0.717) is 11.4 Å². The minimum atomic E-state index is -1.42. The van der Waals surface area contributed by atoms with Crippen molar-refractivity contribution in [2.75, 3.05) is 11.9 Å². The van der Waals surface area contributed by atoms with Crippen LogP contribution >= 0.6 is 0 Å². The van der Waals surface area contributed by atoms with Crippen molar-refractivity contribution in [2.45, 2.75) is 19.1 Å². The molecule has 0 saturated heterocycles. The molecule has 2 rings (SSSR count). The van der Waals surface area contributed by atoms with Gasteiger partial charge in [-0.2, -0.15) is 0 Å². The van der Waals surface area contributed by atoms with Crippen LogP contribution in [0.3, 0.4) is 0 Å². The first kappa shape index (κ1) is 14.8. The molecule has 1 aromatic rings. The van der Waals surface area contributed by atoms with Crippen LogP contribution in [0.1, 0.15) is 17.3 Å². The van der Waals surface area contributed by atoms with Gasteiger partial charge in [0, 0.05) is 5.56 Å². The number of anilines is 1. The van der Waals surface area contributed by atoms with Crippen molar-refractivity contribution in [1.29, 1.82) is 0 Å². The fourth-order valence-corrected chi connectivity index (χ4v) is 1.84. The molecule has 0 fully saturated rings. The van der Waals surface area contributed by atoms with Crippen LogP contribution in [-0.2, 0) is 9.59 Å². The van der Waals surface area contributed by atoms with Crippen molar-refractivity contribution >= 4 is 23.5 Å². The summed E-state index contributed by atoms with van der Waals surface area (Å²) in [5, 5.41) is 23.0. The first-order valence-electron chi connectivity index (χ1n) is 6.17. The number of fused-ring (bicyclic) bond motifs is 1. The average Bonchev–Trinajstić information content (AvgIpc) is 2.42. The van der Waals surface area contributed by atoms with Gasteiger partial charge in [-0.1, -0.05) is 0 Å². The Morgan fingerprint density at radius 2 is 2.14 bits per heavy atom. The molecule has 0 saturated carbocycles. The van der Waals surface area contributed by atoms with Crippen LogP contribution < -0.4 is 15.4 Å². The van der Waals surface area contributed by atoms with Gasteiger partial charge in [-0.3, -0.25) is 9.59 Å². The fraction of sp³-hybridized carbons (Fsp3) is 0.308. The zero-order valence-corrected chi connectivity index (χ0v) is 11.1. The van der Waals surface area contributed by atoms with Gasteiger partial charge in [0.2, 0.25) is 0 Å². The molecule has 2 amide bonds. The molecular formula is C13H14N2O6. The van der Waals surface area contributed by atoms with E-state index < -0.39 is 24.0 Å². The van der Waals surface area contributed by atoms with Crippen molar-refractivity contribution < 1.29 is 29.3 Å². The number of carboxylic acids is 1. The van der Waals surface area contributed by atoms with Gasteiger partial charge >= 0.3 is 5.97 Å². The molecule has 21 heavy (non-hydrogen) atoms. The molecule has 0 aliphatic carbocycles. The predicted octanol–water partition coefficient (Wildman–Crippen LogP) is -0.419. The van der Waals surface area contributed by atoms with Crippen LogP contribution in [0.15, 0.2) is 18.2 Å². The molecule has 1 heterocycles. The summed E-state index contributed by atoms with van der Waals surface area (Å²) in [4.78, 5) is 34.1. The maximum absolute atomic E-state index is 12.0. The maximum Gasteiger partial charge on any atom is 0.328 e. The molecule has 0 unspecified atom stereocenters. The van der Waals surface area contributed by atoms with E-state index in [2.05, 4.69) is 10.6 Å². The van der Waals surface area contributed by atoms with Crippen LogP contribution in [0.5, 0.6) is 5.75 Å². The summed E-state index contributed by atoms with van der Waals surface area (Å²) in [6.07, 6.45) is -1.24. The summed E-state index contributed by atoms with van der Waals surface area (Å²) < 4.78 is 5.15. The summed E-state index contributed by atoms with van der Waals surface area (Å²) >= 11 is 0. The number of hydrogen-bond donors (Lipinski definition) is 4. The number of carboxylic acid groups (broad SMARTS) is 1. The molecule has 8 nitrogen and oxygen atoms in total. The van der Waals surface area contributed by atoms with E-state index in [9.17, 15) is 19.5 Å². The number of hydrogen-bond acceptors (Lipinski definition) is 5. The van der Waals surface area contributed by atoms with E-state index in [4.69, 9.17) is 9.84 Å². The number of aliphatic hydroxyl groups excluding tert-OH is 1. The van der Waals surface area contributed by atoms with E-state index in [-0.39, 0.29) is 18.1 Å². The number of carbonyl (C=O) groups excluding carboxylic acids is 2. The molecule has 0 aromatic heterocycles. The predicted molar refractivity (Wildman–Crippen MR) is 71.1 cm³/mol. The Kier molecular flexibility index (Phi) is 4.08. The van der Waals surface area contributed by atoms with Gasteiger partial charge in [0.1, 0.15) is 5.75 Å². The second-order valence-corrected chi connectivity index (χ2v) is 4.58. The van der Waals surface area contributed by atoms with Gasteiger partial charge in [0.25, 0.3) is 11.8 Å². The smallest absolute Gasteiger partial charge is 0.328 e. The van der Waals surface area contributed by atoms with E-state index in [1.165, 1.54) is 25.1 Å². The van der Waals surface area contributed by atoms with Crippen molar-refractivity contribution in [3.8, 4) is 5.75 Å². The third-order valence-corrected chi connectivity index (χ3v) is 2.91. The quantitative estimate of drug-likeness (QED) is 0.598. The third kappa shape index (κ3) is 3.29. The zero-order valence-electron chi connectivity index (χ0n) is 11.1. The third-order valence-electron chi connectivity index (χ3n) is 2.91. The van der Waals surface area contributed by atoms with E-state index >= 15 is 0 Å². The molecule has 1 aliphatic rings. The Balaban J connectivity index is 2.18. The first-order valence-corrected chi connectivity index (χ1v) is 6.17. The minimum Gasteiger partial charge on any atom is -0.482 e. The lowest BCUT2D eigenvalue weighted by molar-refractivity contribution is -0.141. The molecule has 0 radical (unpaired) electrons. The summed E-state index contributed by atoms with van der Waals surface area (Å²) in [5.74, 6) is -1.93. The second-order valence-electron chi connectivity index (χ2n) is 4.58. The highest BCUT2D eigenvalue weighted by Gasteiger charge is 2.26.